The maximum absolute atomic E-state index is 5.71. The molecule has 5 nitrogen and oxygen atoms in total. The summed E-state index contributed by atoms with van der Waals surface area (Å²) in [5, 5.41) is 8.61. The van der Waals surface area contributed by atoms with Gasteiger partial charge in [0.2, 0.25) is 0 Å². The molecule has 2 aromatic heterocycles. The van der Waals surface area contributed by atoms with E-state index in [2.05, 4.69) is 27.1 Å². The second-order valence-corrected chi connectivity index (χ2v) is 3.70. The number of anilines is 1. The van der Waals surface area contributed by atoms with Crippen molar-refractivity contribution in [3.8, 4) is 0 Å². The molecule has 0 radical (unpaired) electrons. The predicted molar refractivity (Wildman–Crippen MR) is 52.5 cm³/mol. The van der Waals surface area contributed by atoms with Crippen LogP contribution in [0.25, 0.3) is 11.0 Å². The number of hydrogen-bond acceptors (Lipinski definition) is 5. The number of nitrogen functional groups attached to an aromatic ring is 1. The third-order valence-electron chi connectivity index (χ3n) is 1.63. The van der Waals surface area contributed by atoms with Gasteiger partial charge in [0.05, 0.1) is 5.39 Å². The van der Waals surface area contributed by atoms with E-state index in [9.17, 15) is 0 Å². The number of hydrogen-bond donors (Lipinski definition) is 2. The van der Waals surface area contributed by atoms with Crippen LogP contribution in [-0.2, 0) is 0 Å². The van der Waals surface area contributed by atoms with Crippen LogP contribution < -0.4 is 5.73 Å². The number of aromatic nitrogens is 4. The Balaban J connectivity index is 2.64. The molecule has 0 bridgehead atoms. The first-order valence-electron chi connectivity index (χ1n) is 3.90. The highest BCUT2D eigenvalue weighted by Gasteiger charge is 2.09. The summed E-state index contributed by atoms with van der Waals surface area (Å²) in [6, 6.07) is 0. The van der Waals surface area contributed by atoms with Crippen molar-refractivity contribution in [1.82, 2.24) is 20.2 Å². The van der Waals surface area contributed by atoms with Crippen molar-refractivity contribution in [3.05, 3.63) is 6.33 Å². The molecule has 0 aliphatic rings. The van der Waals surface area contributed by atoms with E-state index in [1.807, 2.05) is 0 Å². The van der Waals surface area contributed by atoms with Crippen LogP contribution >= 0.6 is 11.8 Å². The Labute approximate surface area is 79.1 Å². The van der Waals surface area contributed by atoms with E-state index >= 15 is 0 Å². The van der Waals surface area contributed by atoms with Crippen molar-refractivity contribution in [2.45, 2.75) is 11.9 Å². The molecule has 0 aliphatic heterocycles. The minimum absolute atomic E-state index is 0.481. The molecular formula is C7H9N5S. The van der Waals surface area contributed by atoms with Gasteiger partial charge >= 0.3 is 0 Å². The first-order chi connectivity index (χ1) is 6.33. The summed E-state index contributed by atoms with van der Waals surface area (Å²) >= 11 is 1.62. The van der Waals surface area contributed by atoms with E-state index in [1.165, 1.54) is 6.33 Å². The standard InChI is InChI=1S/C7H9N5S/c1-2-13-7-4-5(8)9-3-10-6(4)11-12-7/h3H,2H2,1H3,(H3,8,9,10,11,12). The Kier molecular flexibility index (Phi) is 2.05. The number of nitrogens with two attached hydrogens (primary N) is 1. The average molecular weight is 195 g/mol. The molecule has 2 heterocycles. The minimum atomic E-state index is 0.481. The third kappa shape index (κ3) is 1.33. The molecule has 0 saturated heterocycles. The van der Waals surface area contributed by atoms with E-state index in [0.717, 1.165) is 16.2 Å². The molecule has 6 heteroatoms. The number of H-pyrrole nitrogens is 1. The van der Waals surface area contributed by atoms with E-state index in [0.29, 0.717) is 11.5 Å². The van der Waals surface area contributed by atoms with E-state index in [4.69, 9.17) is 5.73 Å². The zero-order valence-corrected chi connectivity index (χ0v) is 7.93. The van der Waals surface area contributed by atoms with Crippen LogP contribution in [0.1, 0.15) is 6.92 Å². The van der Waals surface area contributed by atoms with Gasteiger partial charge in [-0.2, -0.15) is 5.10 Å². The monoisotopic (exact) mass is 195 g/mol. The molecule has 2 aromatic rings. The molecule has 0 atom stereocenters. The molecule has 3 N–H and O–H groups in total. The molecule has 0 unspecified atom stereocenters. The molecule has 0 fully saturated rings. The van der Waals surface area contributed by atoms with Gasteiger partial charge in [-0.1, -0.05) is 6.92 Å². The number of rotatable bonds is 2. The quantitative estimate of drug-likeness (QED) is 0.700. The van der Waals surface area contributed by atoms with Gasteiger partial charge in [-0.25, -0.2) is 9.97 Å². The fraction of sp³-hybridized carbons (Fsp3) is 0.286. The van der Waals surface area contributed by atoms with Crippen LogP contribution in [-0.4, -0.2) is 25.9 Å². The van der Waals surface area contributed by atoms with Crippen LogP contribution in [0.2, 0.25) is 0 Å². The van der Waals surface area contributed by atoms with Crippen LogP contribution in [0.4, 0.5) is 5.82 Å². The van der Waals surface area contributed by atoms with Crippen molar-refractivity contribution < 1.29 is 0 Å². The summed E-state index contributed by atoms with van der Waals surface area (Å²) in [4.78, 5) is 7.94. The Bertz CT molecular complexity index is 424. The van der Waals surface area contributed by atoms with Crippen molar-refractivity contribution >= 4 is 28.6 Å². The third-order valence-corrected chi connectivity index (χ3v) is 2.49. The van der Waals surface area contributed by atoms with E-state index in [1.54, 1.807) is 11.8 Å². The molecular weight excluding hydrogens is 186 g/mol. The molecule has 2 rings (SSSR count). The minimum Gasteiger partial charge on any atom is -0.383 e. The molecule has 0 spiro atoms. The predicted octanol–water partition coefficient (Wildman–Crippen LogP) is 1.05. The number of nitrogens with one attached hydrogen (secondary N) is 1. The molecule has 0 aliphatic carbocycles. The molecule has 0 aromatic carbocycles. The maximum Gasteiger partial charge on any atom is 0.161 e. The molecule has 0 saturated carbocycles. The van der Waals surface area contributed by atoms with Crippen LogP contribution in [0.3, 0.4) is 0 Å². The van der Waals surface area contributed by atoms with E-state index in [-0.39, 0.29) is 0 Å². The van der Waals surface area contributed by atoms with Crippen molar-refractivity contribution in [1.29, 1.82) is 0 Å². The maximum atomic E-state index is 5.71. The second kappa shape index (κ2) is 3.21. The Morgan fingerprint density at radius 3 is 3.15 bits per heavy atom. The molecule has 0 amide bonds. The fourth-order valence-electron chi connectivity index (χ4n) is 1.10. The Hall–Kier alpha value is -1.30. The lowest BCUT2D eigenvalue weighted by molar-refractivity contribution is 1.01. The zero-order valence-electron chi connectivity index (χ0n) is 7.11. The SMILES string of the molecule is CCSc1n[nH]c2ncnc(N)c12. The van der Waals surface area contributed by atoms with Crippen LogP contribution in [0, 0.1) is 0 Å². The van der Waals surface area contributed by atoms with Crippen molar-refractivity contribution in [2.75, 3.05) is 11.5 Å². The first-order valence-corrected chi connectivity index (χ1v) is 4.89. The van der Waals surface area contributed by atoms with Gasteiger partial charge in [0.25, 0.3) is 0 Å². The largest absolute Gasteiger partial charge is 0.383 e. The number of nitrogens with zero attached hydrogens (tertiary/aromatic N) is 3. The van der Waals surface area contributed by atoms with Gasteiger partial charge < -0.3 is 5.73 Å². The highest BCUT2D eigenvalue weighted by Crippen LogP contribution is 2.26. The summed E-state index contributed by atoms with van der Waals surface area (Å²) in [6.45, 7) is 2.06. The lowest BCUT2D eigenvalue weighted by atomic mass is 10.4. The van der Waals surface area contributed by atoms with Crippen molar-refractivity contribution in [2.24, 2.45) is 0 Å². The second-order valence-electron chi connectivity index (χ2n) is 2.44. The van der Waals surface area contributed by atoms with E-state index < -0.39 is 0 Å². The molecule has 68 valence electrons. The number of aromatic amines is 1. The lowest BCUT2D eigenvalue weighted by Gasteiger charge is -1.95. The highest BCUT2D eigenvalue weighted by molar-refractivity contribution is 7.99. The lowest BCUT2D eigenvalue weighted by Crippen LogP contribution is -1.92. The summed E-state index contributed by atoms with van der Waals surface area (Å²) < 4.78 is 0. The normalized spacial score (nSPS) is 10.8. The summed E-state index contributed by atoms with van der Waals surface area (Å²) in [5.74, 6) is 1.43. The summed E-state index contributed by atoms with van der Waals surface area (Å²) in [6.07, 6.45) is 1.43. The van der Waals surface area contributed by atoms with Gasteiger partial charge in [0.15, 0.2) is 5.65 Å². The van der Waals surface area contributed by atoms with Crippen LogP contribution in [0.5, 0.6) is 0 Å². The van der Waals surface area contributed by atoms with Gasteiger partial charge in [-0.05, 0) is 5.75 Å². The summed E-state index contributed by atoms with van der Waals surface area (Å²) in [5.41, 5.74) is 6.40. The summed E-state index contributed by atoms with van der Waals surface area (Å²) in [7, 11) is 0. The fourth-order valence-corrected chi connectivity index (χ4v) is 1.82. The Morgan fingerprint density at radius 1 is 1.54 bits per heavy atom. The number of thioether (sulfide) groups is 1. The van der Waals surface area contributed by atoms with Gasteiger partial charge in [0, 0.05) is 0 Å². The first kappa shape index (κ1) is 8.31. The number of fused-ring (bicyclic) bond motifs is 1. The van der Waals surface area contributed by atoms with Crippen molar-refractivity contribution in [3.63, 3.8) is 0 Å². The highest BCUT2D eigenvalue weighted by atomic mass is 32.2. The molecule has 13 heavy (non-hydrogen) atoms. The van der Waals surface area contributed by atoms with Gasteiger partial charge in [-0.3, -0.25) is 5.10 Å². The van der Waals surface area contributed by atoms with Crippen LogP contribution in [0.15, 0.2) is 11.4 Å². The van der Waals surface area contributed by atoms with Gasteiger partial charge in [0.1, 0.15) is 17.2 Å². The smallest absolute Gasteiger partial charge is 0.161 e. The average Bonchev–Trinajstić information content (AvgIpc) is 2.51. The Morgan fingerprint density at radius 2 is 2.38 bits per heavy atom. The topological polar surface area (TPSA) is 80.5 Å². The van der Waals surface area contributed by atoms with Gasteiger partial charge in [-0.15, -0.1) is 11.8 Å². The zero-order chi connectivity index (χ0) is 9.26.